The van der Waals surface area contributed by atoms with Gasteiger partial charge in [-0.3, -0.25) is 9.69 Å². The van der Waals surface area contributed by atoms with E-state index in [0.717, 1.165) is 5.56 Å². The van der Waals surface area contributed by atoms with Gasteiger partial charge in [0.05, 0.1) is 19.1 Å². The van der Waals surface area contributed by atoms with E-state index in [1.807, 2.05) is 6.07 Å². The van der Waals surface area contributed by atoms with Crippen LogP contribution in [0.15, 0.2) is 52.4 Å². The number of likely N-dealkylation sites (N-methyl/N-ethyl adjacent to an activating group) is 1. The molecule has 2 aromatic rings. The van der Waals surface area contributed by atoms with Crippen molar-refractivity contribution < 1.29 is 18.7 Å². The molecular formula is C19H17FN2O3S. The molecule has 1 fully saturated rings. The average molecular weight is 372 g/mol. The highest BCUT2D eigenvalue weighted by Gasteiger charge is 2.30. The molecule has 0 aromatic heterocycles. The Morgan fingerprint density at radius 2 is 1.92 bits per heavy atom. The molecule has 1 heterocycles. The van der Waals surface area contributed by atoms with Crippen LogP contribution in [0.1, 0.15) is 5.56 Å². The number of ether oxygens (including phenoxy) is 2. The first-order chi connectivity index (χ1) is 12.5. The van der Waals surface area contributed by atoms with Crippen LogP contribution >= 0.6 is 11.8 Å². The first-order valence-corrected chi connectivity index (χ1v) is 8.58. The molecule has 26 heavy (non-hydrogen) atoms. The van der Waals surface area contributed by atoms with Crippen molar-refractivity contribution in [1.82, 2.24) is 4.90 Å². The highest BCUT2D eigenvalue weighted by atomic mass is 32.2. The van der Waals surface area contributed by atoms with Crippen molar-refractivity contribution in [3.63, 3.8) is 0 Å². The van der Waals surface area contributed by atoms with Crippen LogP contribution in [0.25, 0.3) is 6.08 Å². The molecule has 134 valence electrons. The smallest absolute Gasteiger partial charge is 0.266 e. The van der Waals surface area contributed by atoms with Gasteiger partial charge in [-0.2, -0.15) is 0 Å². The minimum atomic E-state index is -0.435. The Hall–Kier alpha value is -2.80. The third-order valence-electron chi connectivity index (χ3n) is 3.80. The molecule has 0 radical (unpaired) electrons. The fourth-order valence-electron chi connectivity index (χ4n) is 2.38. The summed E-state index contributed by atoms with van der Waals surface area (Å²) in [4.78, 5) is 18.7. The van der Waals surface area contributed by atoms with E-state index in [1.165, 1.54) is 22.7 Å². The number of rotatable bonds is 4. The van der Waals surface area contributed by atoms with Crippen molar-refractivity contribution in [2.24, 2.45) is 4.99 Å². The predicted octanol–water partition coefficient (Wildman–Crippen LogP) is 4.08. The van der Waals surface area contributed by atoms with Gasteiger partial charge in [0.15, 0.2) is 5.17 Å². The Balaban J connectivity index is 1.94. The summed E-state index contributed by atoms with van der Waals surface area (Å²) in [7, 11) is 4.74. The lowest BCUT2D eigenvalue weighted by Crippen LogP contribution is -2.23. The monoisotopic (exact) mass is 372 g/mol. The maximum Gasteiger partial charge on any atom is 0.266 e. The largest absolute Gasteiger partial charge is 0.497 e. The predicted molar refractivity (Wildman–Crippen MR) is 101 cm³/mol. The first kappa shape index (κ1) is 18.0. The molecule has 0 spiro atoms. The lowest BCUT2D eigenvalue weighted by molar-refractivity contribution is -0.121. The van der Waals surface area contributed by atoms with Gasteiger partial charge in [0.25, 0.3) is 5.91 Å². The van der Waals surface area contributed by atoms with Gasteiger partial charge in [-0.15, -0.1) is 0 Å². The van der Waals surface area contributed by atoms with Crippen LogP contribution in [0.4, 0.5) is 10.1 Å². The molecule has 3 rings (SSSR count). The Bertz CT molecular complexity index is 911. The van der Waals surface area contributed by atoms with Gasteiger partial charge in [0, 0.05) is 18.7 Å². The second-order valence-electron chi connectivity index (χ2n) is 5.43. The van der Waals surface area contributed by atoms with Gasteiger partial charge in [-0.05, 0) is 42.1 Å². The van der Waals surface area contributed by atoms with Gasteiger partial charge in [0.2, 0.25) is 0 Å². The maximum absolute atomic E-state index is 13.8. The van der Waals surface area contributed by atoms with E-state index in [0.29, 0.717) is 21.6 Å². The molecule has 1 aliphatic rings. The fourth-order valence-corrected chi connectivity index (χ4v) is 3.35. The number of nitrogens with zero attached hydrogens (tertiary/aromatic N) is 2. The van der Waals surface area contributed by atoms with Crippen molar-refractivity contribution in [2.45, 2.75) is 0 Å². The molecule has 0 aliphatic carbocycles. The Morgan fingerprint density at radius 1 is 1.15 bits per heavy atom. The number of halogens is 1. The standard InChI is InChI=1S/C19H17FN2O3S/c1-22-18(23)17(10-12-8-9-13(24-2)11-16(12)25-3)26-19(22)21-15-7-5-4-6-14(15)20/h4-11H,1-3H3/b17-10+,21-19?. The Kier molecular flexibility index (Phi) is 5.27. The minimum absolute atomic E-state index is 0.193. The summed E-state index contributed by atoms with van der Waals surface area (Å²) < 4.78 is 24.4. The normalized spacial score (nSPS) is 17.2. The third-order valence-corrected chi connectivity index (χ3v) is 4.86. The van der Waals surface area contributed by atoms with E-state index < -0.39 is 5.82 Å². The van der Waals surface area contributed by atoms with Crippen LogP contribution < -0.4 is 9.47 Å². The summed E-state index contributed by atoms with van der Waals surface area (Å²) in [6, 6.07) is 11.5. The average Bonchev–Trinajstić information content (AvgIpc) is 2.92. The minimum Gasteiger partial charge on any atom is -0.497 e. The zero-order valence-electron chi connectivity index (χ0n) is 14.5. The van der Waals surface area contributed by atoms with Crippen molar-refractivity contribution in [1.29, 1.82) is 0 Å². The van der Waals surface area contributed by atoms with Gasteiger partial charge in [-0.25, -0.2) is 9.38 Å². The van der Waals surface area contributed by atoms with Crippen LogP contribution in [-0.4, -0.2) is 37.2 Å². The van der Waals surface area contributed by atoms with E-state index in [2.05, 4.69) is 4.99 Å². The van der Waals surface area contributed by atoms with Crippen LogP contribution in [-0.2, 0) is 4.79 Å². The zero-order chi connectivity index (χ0) is 18.7. The van der Waals surface area contributed by atoms with Crippen LogP contribution in [0.3, 0.4) is 0 Å². The van der Waals surface area contributed by atoms with Gasteiger partial charge >= 0.3 is 0 Å². The number of hydrogen-bond acceptors (Lipinski definition) is 5. The fraction of sp³-hybridized carbons (Fsp3) is 0.158. The zero-order valence-corrected chi connectivity index (χ0v) is 15.3. The first-order valence-electron chi connectivity index (χ1n) is 7.76. The van der Waals surface area contributed by atoms with E-state index >= 15 is 0 Å². The molecule has 1 amide bonds. The quantitative estimate of drug-likeness (QED) is 0.759. The number of amides is 1. The number of benzene rings is 2. The molecule has 0 bridgehead atoms. The molecule has 0 N–H and O–H groups in total. The summed E-state index contributed by atoms with van der Waals surface area (Å²) >= 11 is 1.19. The number of thioether (sulfide) groups is 1. The lowest BCUT2D eigenvalue weighted by atomic mass is 10.1. The number of aliphatic imine (C=N–C) groups is 1. The molecule has 0 saturated carbocycles. The number of methoxy groups -OCH3 is 2. The second-order valence-corrected chi connectivity index (χ2v) is 6.44. The third kappa shape index (κ3) is 3.57. The van der Waals surface area contributed by atoms with Crippen molar-refractivity contribution in [2.75, 3.05) is 21.3 Å². The molecular weight excluding hydrogens is 355 g/mol. The lowest BCUT2D eigenvalue weighted by Gasteiger charge is -2.08. The van der Waals surface area contributed by atoms with Gasteiger partial charge in [0.1, 0.15) is 23.0 Å². The molecule has 0 unspecified atom stereocenters. The van der Waals surface area contributed by atoms with Crippen molar-refractivity contribution in [3.05, 3.63) is 58.8 Å². The summed E-state index contributed by atoms with van der Waals surface area (Å²) in [5, 5.41) is 0.416. The SMILES string of the molecule is COc1ccc(/C=C2/SC(=Nc3ccccc3F)N(C)C2=O)c(OC)c1. The molecule has 0 atom stereocenters. The van der Waals surface area contributed by atoms with Crippen molar-refractivity contribution in [3.8, 4) is 11.5 Å². The van der Waals surface area contributed by atoms with Gasteiger partial charge < -0.3 is 9.47 Å². The van der Waals surface area contributed by atoms with E-state index in [1.54, 1.807) is 57.7 Å². The van der Waals surface area contributed by atoms with Crippen LogP contribution in [0, 0.1) is 5.82 Å². The highest BCUT2D eigenvalue weighted by Crippen LogP contribution is 2.35. The second kappa shape index (κ2) is 7.61. The number of carbonyl (C=O) groups excluding carboxylic acids is 1. The van der Waals surface area contributed by atoms with E-state index in [9.17, 15) is 9.18 Å². The van der Waals surface area contributed by atoms with Crippen LogP contribution in [0.2, 0.25) is 0 Å². The van der Waals surface area contributed by atoms with Gasteiger partial charge in [-0.1, -0.05) is 12.1 Å². The summed E-state index contributed by atoms with van der Waals surface area (Å²) in [6.45, 7) is 0. The molecule has 5 nitrogen and oxygen atoms in total. The number of para-hydroxylation sites is 1. The Morgan fingerprint density at radius 3 is 2.62 bits per heavy atom. The number of carbonyl (C=O) groups is 1. The topological polar surface area (TPSA) is 51.1 Å². The molecule has 1 saturated heterocycles. The molecule has 7 heteroatoms. The van der Waals surface area contributed by atoms with E-state index in [-0.39, 0.29) is 11.6 Å². The number of hydrogen-bond donors (Lipinski definition) is 0. The maximum atomic E-state index is 13.8. The van der Waals surface area contributed by atoms with E-state index in [4.69, 9.17) is 9.47 Å². The summed E-state index contributed by atoms with van der Waals surface area (Å²) in [5.74, 6) is 0.611. The number of amidine groups is 1. The molecule has 2 aromatic carbocycles. The molecule has 1 aliphatic heterocycles. The van der Waals surface area contributed by atoms with Crippen LogP contribution in [0.5, 0.6) is 11.5 Å². The Labute approximate surface area is 155 Å². The van der Waals surface area contributed by atoms with Crippen molar-refractivity contribution >= 4 is 34.6 Å². The highest BCUT2D eigenvalue weighted by molar-refractivity contribution is 8.18. The summed E-state index contributed by atoms with van der Waals surface area (Å²) in [6.07, 6.45) is 1.73. The summed E-state index contributed by atoms with van der Waals surface area (Å²) in [5.41, 5.74) is 0.933.